The first kappa shape index (κ1) is 27.7. The number of carboxylic acid groups (broad SMARTS) is 1. The van der Waals surface area contributed by atoms with Crippen molar-refractivity contribution >= 4 is 23.7 Å². The molecule has 0 aromatic rings. The number of hydrogen-bond donors (Lipinski definition) is 8. The number of carboxylic acids is 1. The van der Waals surface area contributed by atoms with E-state index >= 15 is 0 Å². The second-order valence-corrected chi connectivity index (χ2v) is 7.42. The number of carbonyl (C=O) groups excluding carboxylic acids is 3. The largest absolute Gasteiger partial charge is 0.480 e. The van der Waals surface area contributed by atoms with Crippen LogP contribution in [0.4, 0.5) is 0 Å². The first-order valence-electron chi connectivity index (χ1n) is 9.84. The number of rotatable bonds is 14. The molecule has 0 bridgehead atoms. The summed E-state index contributed by atoms with van der Waals surface area (Å²) in [5.74, 6) is -4.01. The molecule has 0 saturated heterocycles. The fourth-order valence-corrected chi connectivity index (χ4v) is 2.48. The van der Waals surface area contributed by atoms with Gasteiger partial charge in [0.15, 0.2) is 0 Å². The van der Waals surface area contributed by atoms with Gasteiger partial charge in [-0.05, 0) is 38.6 Å². The summed E-state index contributed by atoms with van der Waals surface area (Å²) in [5, 5.41) is 35.1. The Morgan fingerprint density at radius 3 is 1.87 bits per heavy atom. The van der Waals surface area contributed by atoms with Gasteiger partial charge >= 0.3 is 5.97 Å². The zero-order chi connectivity index (χ0) is 23.4. The average Bonchev–Trinajstić information content (AvgIpc) is 2.67. The highest BCUT2D eigenvalue weighted by atomic mass is 16.4. The van der Waals surface area contributed by atoms with E-state index in [9.17, 15) is 34.5 Å². The van der Waals surface area contributed by atoms with Crippen LogP contribution >= 0.6 is 0 Å². The molecule has 0 aliphatic rings. The Labute approximate surface area is 175 Å². The maximum atomic E-state index is 12.6. The van der Waals surface area contributed by atoms with Crippen LogP contribution in [-0.2, 0) is 19.2 Å². The maximum Gasteiger partial charge on any atom is 0.326 e. The molecule has 5 unspecified atom stereocenters. The Hall–Kier alpha value is -2.28. The smallest absolute Gasteiger partial charge is 0.326 e. The van der Waals surface area contributed by atoms with Crippen LogP contribution < -0.4 is 27.4 Å². The van der Waals surface area contributed by atoms with E-state index < -0.39 is 66.5 Å². The number of aliphatic carboxylic acids is 1. The van der Waals surface area contributed by atoms with Gasteiger partial charge in [-0.15, -0.1) is 0 Å². The minimum Gasteiger partial charge on any atom is -0.480 e. The van der Waals surface area contributed by atoms with Gasteiger partial charge < -0.3 is 42.7 Å². The fraction of sp³-hybridized carbons (Fsp3) is 0.778. The highest BCUT2D eigenvalue weighted by Gasteiger charge is 2.31. The van der Waals surface area contributed by atoms with Gasteiger partial charge in [0.05, 0.1) is 12.7 Å². The summed E-state index contributed by atoms with van der Waals surface area (Å²) in [4.78, 5) is 48.4. The summed E-state index contributed by atoms with van der Waals surface area (Å²) in [6.07, 6.45) is 0.0667. The lowest BCUT2D eigenvalue weighted by atomic mass is 10.0. The normalized spacial score (nSPS) is 16.1. The summed E-state index contributed by atoms with van der Waals surface area (Å²) in [7, 11) is 0. The lowest BCUT2D eigenvalue weighted by Crippen LogP contribution is -2.59. The molecule has 5 atom stereocenters. The number of unbranched alkanes of at least 4 members (excludes halogenated alkanes) is 1. The minimum atomic E-state index is -1.41. The molecule has 0 radical (unpaired) electrons. The van der Waals surface area contributed by atoms with Crippen LogP contribution in [0.25, 0.3) is 0 Å². The van der Waals surface area contributed by atoms with E-state index in [0.29, 0.717) is 19.4 Å². The third-order valence-electron chi connectivity index (χ3n) is 4.45. The molecule has 174 valence electrons. The van der Waals surface area contributed by atoms with Gasteiger partial charge in [0.25, 0.3) is 0 Å². The number of aliphatic hydroxyl groups is 2. The Kier molecular flexibility index (Phi) is 12.8. The van der Waals surface area contributed by atoms with Crippen LogP contribution in [0.5, 0.6) is 0 Å². The van der Waals surface area contributed by atoms with Crippen molar-refractivity contribution in [3.63, 3.8) is 0 Å². The van der Waals surface area contributed by atoms with E-state index in [1.54, 1.807) is 13.8 Å². The maximum absolute atomic E-state index is 12.6. The first-order valence-corrected chi connectivity index (χ1v) is 9.84. The van der Waals surface area contributed by atoms with Crippen LogP contribution in [-0.4, -0.2) is 82.4 Å². The summed E-state index contributed by atoms with van der Waals surface area (Å²) in [6.45, 7) is 4.15. The van der Waals surface area contributed by atoms with Crippen molar-refractivity contribution in [2.45, 2.75) is 70.3 Å². The monoisotopic (exact) mass is 433 g/mol. The molecule has 0 aromatic carbocycles. The molecule has 0 fully saturated rings. The van der Waals surface area contributed by atoms with E-state index in [4.69, 9.17) is 11.5 Å². The van der Waals surface area contributed by atoms with Crippen LogP contribution in [0.1, 0.15) is 40.0 Å². The summed E-state index contributed by atoms with van der Waals surface area (Å²) < 4.78 is 0. The van der Waals surface area contributed by atoms with Gasteiger partial charge in [-0.2, -0.15) is 0 Å². The van der Waals surface area contributed by atoms with E-state index in [0.717, 1.165) is 0 Å². The third-order valence-corrected chi connectivity index (χ3v) is 4.45. The van der Waals surface area contributed by atoms with Crippen LogP contribution in [0.15, 0.2) is 0 Å². The van der Waals surface area contributed by atoms with E-state index in [1.807, 2.05) is 0 Å². The molecule has 0 aliphatic carbocycles. The second-order valence-electron chi connectivity index (χ2n) is 7.42. The van der Waals surface area contributed by atoms with Crippen molar-refractivity contribution in [3.05, 3.63) is 0 Å². The molecule has 30 heavy (non-hydrogen) atoms. The minimum absolute atomic E-state index is 0.179. The molecule has 3 amide bonds. The van der Waals surface area contributed by atoms with Gasteiger partial charge in [-0.3, -0.25) is 14.4 Å². The summed E-state index contributed by atoms with van der Waals surface area (Å²) in [5.41, 5.74) is 10.9. The molecule has 0 heterocycles. The van der Waals surface area contributed by atoms with Crippen LogP contribution in [0.2, 0.25) is 0 Å². The molecule has 0 spiro atoms. The third kappa shape index (κ3) is 9.48. The Morgan fingerprint density at radius 2 is 1.43 bits per heavy atom. The zero-order valence-corrected chi connectivity index (χ0v) is 17.6. The van der Waals surface area contributed by atoms with Crippen molar-refractivity contribution in [3.8, 4) is 0 Å². The van der Waals surface area contributed by atoms with E-state index in [1.165, 1.54) is 6.92 Å². The molecule has 10 N–H and O–H groups in total. The van der Waals surface area contributed by atoms with Gasteiger partial charge in [0.1, 0.15) is 24.2 Å². The van der Waals surface area contributed by atoms with Crippen molar-refractivity contribution in [2.24, 2.45) is 17.4 Å². The predicted molar refractivity (Wildman–Crippen MR) is 108 cm³/mol. The molecule has 0 aromatic heterocycles. The standard InChI is InChI=1S/C18H35N5O7/c1-9(2)14(18(29)30)23-15(26)11(6-4-5-7-19)21-16(27)12(8-24)22-17(28)13(20)10(3)25/h9-14,24-25H,4-8,19-20H2,1-3H3,(H,21,27)(H,22,28)(H,23,26)(H,29,30). The van der Waals surface area contributed by atoms with E-state index in [2.05, 4.69) is 16.0 Å². The Bertz CT molecular complexity index is 585. The molecule has 0 saturated carbocycles. The van der Waals surface area contributed by atoms with Gasteiger partial charge in [0, 0.05) is 0 Å². The number of aliphatic hydroxyl groups excluding tert-OH is 2. The van der Waals surface area contributed by atoms with Crippen molar-refractivity contribution in [1.29, 1.82) is 0 Å². The topological polar surface area (TPSA) is 217 Å². The number of nitrogens with one attached hydrogen (secondary N) is 3. The molecular formula is C18H35N5O7. The number of amides is 3. The first-order chi connectivity index (χ1) is 14.0. The highest BCUT2D eigenvalue weighted by Crippen LogP contribution is 2.06. The lowest BCUT2D eigenvalue weighted by Gasteiger charge is -2.25. The average molecular weight is 434 g/mol. The van der Waals surface area contributed by atoms with Crippen LogP contribution in [0.3, 0.4) is 0 Å². The summed E-state index contributed by atoms with van der Waals surface area (Å²) >= 11 is 0. The quantitative estimate of drug-likeness (QED) is 0.131. The molecule has 12 nitrogen and oxygen atoms in total. The highest BCUT2D eigenvalue weighted by molar-refractivity contribution is 5.94. The summed E-state index contributed by atoms with van der Waals surface area (Å²) in [6, 6.07) is -4.96. The van der Waals surface area contributed by atoms with Crippen LogP contribution in [0, 0.1) is 5.92 Å². The van der Waals surface area contributed by atoms with Crippen molar-refractivity contribution in [1.82, 2.24) is 16.0 Å². The fourth-order valence-electron chi connectivity index (χ4n) is 2.48. The van der Waals surface area contributed by atoms with Crippen molar-refractivity contribution < 1.29 is 34.5 Å². The molecule has 12 heteroatoms. The predicted octanol–water partition coefficient (Wildman–Crippen LogP) is -2.99. The van der Waals surface area contributed by atoms with Gasteiger partial charge in [-0.1, -0.05) is 13.8 Å². The molecular weight excluding hydrogens is 398 g/mol. The number of carbonyl (C=O) groups is 4. The Balaban J connectivity index is 5.27. The zero-order valence-electron chi connectivity index (χ0n) is 17.6. The number of hydrogen-bond acceptors (Lipinski definition) is 8. The van der Waals surface area contributed by atoms with Gasteiger partial charge in [0.2, 0.25) is 17.7 Å². The SMILES string of the molecule is CC(C)C(NC(=O)C(CCCCN)NC(=O)C(CO)NC(=O)C(N)C(C)O)C(=O)O. The second kappa shape index (κ2) is 13.9. The molecule has 0 rings (SSSR count). The van der Waals surface area contributed by atoms with Crippen molar-refractivity contribution in [2.75, 3.05) is 13.2 Å². The molecule has 0 aliphatic heterocycles. The Morgan fingerprint density at radius 1 is 0.900 bits per heavy atom. The van der Waals surface area contributed by atoms with Gasteiger partial charge in [-0.25, -0.2) is 4.79 Å². The lowest BCUT2D eigenvalue weighted by molar-refractivity contribution is -0.143. The number of nitrogens with two attached hydrogens (primary N) is 2. The van der Waals surface area contributed by atoms with E-state index in [-0.39, 0.29) is 6.42 Å².